The van der Waals surface area contributed by atoms with Gasteiger partial charge in [0.25, 0.3) is 0 Å². The third-order valence-corrected chi connectivity index (χ3v) is 11.9. The van der Waals surface area contributed by atoms with Gasteiger partial charge in [0, 0.05) is 25.7 Å². The summed E-state index contributed by atoms with van der Waals surface area (Å²) in [6.07, 6.45) is 42.3. The summed E-state index contributed by atoms with van der Waals surface area (Å²) in [4.78, 5) is 39.1. The minimum atomic E-state index is -0.780. The van der Waals surface area contributed by atoms with Crippen LogP contribution in [0.15, 0.2) is 0 Å². The normalized spacial score (nSPS) is 11.9. The van der Waals surface area contributed by atoms with E-state index in [2.05, 4.69) is 41.9 Å². The fourth-order valence-corrected chi connectivity index (χ4v) is 7.63. The van der Waals surface area contributed by atoms with Crippen LogP contribution in [0.1, 0.15) is 258 Å². The van der Waals surface area contributed by atoms with E-state index in [9.17, 15) is 14.4 Å². The van der Waals surface area contributed by atoms with Crippen molar-refractivity contribution in [2.45, 2.75) is 258 Å². The van der Waals surface area contributed by atoms with Crippen molar-refractivity contribution < 1.29 is 33.1 Å². The van der Waals surface area contributed by atoms with Crippen molar-refractivity contribution in [2.75, 3.05) is 47.5 Å². The third kappa shape index (κ3) is 39.8. The molecular weight excluding hydrogens is 723 g/mol. The molecular formula is C51H100NO6+. The Hall–Kier alpha value is -1.63. The average Bonchev–Trinajstić information content (AvgIpc) is 3.20. The molecule has 58 heavy (non-hydrogen) atoms. The molecule has 0 atom stereocenters. The topological polar surface area (TPSA) is 78.9 Å². The number of nitrogens with zero attached hydrogens (tertiary/aromatic N) is 1. The molecule has 0 aromatic heterocycles. The SMILES string of the molecule is CCCCCCCCCCCCCC(=O)OCC(CC[N+](C)(C)C)(COC(=O)CCCCCCCCCCCCC)COC(=O)CCCCCCCCCCCCC. The molecule has 0 aliphatic rings. The largest absolute Gasteiger partial charge is 0.465 e. The lowest BCUT2D eigenvalue weighted by atomic mass is 9.86. The van der Waals surface area contributed by atoms with E-state index >= 15 is 0 Å². The first kappa shape index (κ1) is 56.4. The highest BCUT2D eigenvalue weighted by molar-refractivity contribution is 5.70. The Morgan fingerprint density at radius 3 is 0.759 bits per heavy atom. The average molecular weight is 823 g/mol. The number of unbranched alkanes of at least 4 members (excludes halogenated alkanes) is 30. The summed E-state index contributed by atoms with van der Waals surface area (Å²) in [7, 11) is 6.38. The summed E-state index contributed by atoms with van der Waals surface area (Å²) in [5, 5.41) is 0. The van der Waals surface area contributed by atoms with E-state index < -0.39 is 5.41 Å². The van der Waals surface area contributed by atoms with Crippen molar-refractivity contribution in [3.63, 3.8) is 0 Å². The molecule has 0 saturated heterocycles. The Morgan fingerprint density at radius 2 is 0.552 bits per heavy atom. The Labute approximate surface area is 361 Å². The first-order chi connectivity index (χ1) is 28.1. The fraction of sp³-hybridized carbons (Fsp3) is 0.941. The quantitative estimate of drug-likeness (QED) is 0.0263. The second kappa shape index (κ2) is 40.8. The van der Waals surface area contributed by atoms with Gasteiger partial charge in [-0.05, 0) is 19.3 Å². The van der Waals surface area contributed by atoms with Gasteiger partial charge in [-0.1, -0.05) is 213 Å². The van der Waals surface area contributed by atoms with E-state index in [1.54, 1.807) is 0 Å². The lowest BCUT2D eigenvalue weighted by Crippen LogP contribution is -2.45. The molecule has 0 radical (unpaired) electrons. The molecule has 0 saturated carbocycles. The number of quaternary nitrogens is 1. The molecule has 0 aliphatic heterocycles. The van der Waals surface area contributed by atoms with Crippen molar-refractivity contribution in [3.8, 4) is 0 Å². The minimum Gasteiger partial charge on any atom is -0.465 e. The number of carbonyl (C=O) groups excluding carboxylic acids is 3. The Kier molecular flexibility index (Phi) is 39.6. The Balaban J connectivity index is 5.04. The van der Waals surface area contributed by atoms with E-state index in [0.29, 0.717) is 30.2 Å². The molecule has 0 aliphatic carbocycles. The summed E-state index contributed by atoms with van der Waals surface area (Å²) in [5.41, 5.74) is -0.780. The maximum Gasteiger partial charge on any atom is 0.305 e. The number of carbonyl (C=O) groups is 3. The summed E-state index contributed by atoms with van der Waals surface area (Å²) >= 11 is 0. The molecule has 0 fully saturated rings. The molecule has 0 amide bonds. The molecule has 0 aromatic carbocycles. The highest BCUT2D eigenvalue weighted by Crippen LogP contribution is 2.27. The molecule has 0 N–H and O–H groups in total. The van der Waals surface area contributed by atoms with Gasteiger partial charge in [-0.15, -0.1) is 0 Å². The highest BCUT2D eigenvalue weighted by Gasteiger charge is 2.37. The lowest BCUT2D eigenvalue weighted by Gasteiger charge is -2.35. The number of rotatable bonds is 45. The monoisotopic (exact) mass is 823 g/mol. The second-order valence-corrected chi connectivity index (χ2v) is 19.1. The molecule has 0 unspecified atom stereocenters. The predicted molar refractivity (Wildman–Crippen MR) is 246 cm³/mol. The Bertz CT molecular complexity index is 828. The van der Waals surface area contributed by atoms with E-state index in [0.717, 1.165) is 64.3 Å². The zero-order valence-corrected chi connectivity index (χ0v) is 39.9. The highest BCUT2D eigenvalue weighted by atomic mass is 16.6. The van der Waals surface area contributed by atoms with E-state index in [-0.39, 0.29) is 37.7 Å². The molecule has 0 heterocycles. The van der Waals surface area contributed by atoms with E-state index in [4.69, 9.17) is 14.2 Å². The van der Waals surface area contributed by atoms with Crippen LogP contribution in [0, 0.1) is 5.41 Å². The maximum absolute atomic E-state index is 13.0. The number of ether oxygens (including phenoxy) is 3. The smallest absolute Gasteiger partial charge is 0.305 e. The zero-order valence-electron chi connectivity index (χ0n) is 39.9. The summed E-state index contributed by atoms with van der Waals surface area (Å²) in [6, 6.07) is 0. The minimum absolute atomic E-state index is 0.0846. The van der Waals surface area contributed by atoms with Crippen LogP contribution in [0.4, 0.5) is 0 Å². The number of hydrogen-bond acceptors (Lipinski definition) is 6. The zero-order chi connectivity index (χ0) is 42.8. The summed E-state index contributed by atoms with van der Waals surface area (Å²) < 4.78 is 18.5. The van der Waals surface area contributed by atoms with Gasteiger partial charge in [0.1, 0.15) is 19.8 Å². The van der Waals surface area contributed by atoms with Crippen LogP contribution in [-0.2, 0) is 28.6 Å². The van der Waals surface area contributed by atoms with Gasteiger partial charge < -0.3 is 18.7 Å². The van der Waals surface area contributed by atoms with Crippen LogP contribution in [0.25, 0.3) is 0 Å². The first-order valence-corrected chi connectivity index (χ1v) is 25.3. The van der Waals surface area contributed by atoms with Gasteiger partial charge in [0.2, 0.25) is 0 Å². The number of esters is 3. The van der Waals surface area contributed by atoms with Gasteiger partial charge >= 0.3 is 17.9 Å². The standard InChI is InChI=1S/C51H100NO6/c1-7-10-13-16-19-22-25-28-31-34-37-40-48(53)56-45-51(43-44-52(4,5)6,46-57-49(54)41-38-35-32-29-26-23-20-17-14-11-8-2)47-58-50(55)42-39-36-33-30-27-24-21-18-15-12-9-3/h7-47H2,1-6H3/q+1. The van der Waals surface area contributed by atoms with Crippen molar-refractivity contribution in [3.05, 3.63) is 0 Å². The second-order valence-electron chi connectivity index (χ2n) is 19.1. The molecule has 0 spiro atoms. The van der Waals surface area contributed by atoms with Crippen molar-refractivity contribution in [1.29, 1.82) is 0 Å². The van der Waals surface area contributed by atoms with Gasteiger partial charge in [-0.25, -0.2) is 0 Å². The molecule has 0 bridgehead atoms. The maximum atomic E-state index is 13.0. The van der Waals surface area contributed by atoms with Gasteiger partial charge in [-0.3, -0.25) is 14.4 Å². The van der Waals surface area contributed by atoms with E-state index in [1.165, 1.54) is 154 Å². The van der Waals surface area contributed by atoms with Crippen LogP contribution in [-0.4, -0.2) is 69.9 Å². The van der Waals surface area contributed by atoms with Crippen LogP contribution >= 0.6 is 0 Å². The lowest BCUT2D eigenvalue weighted by molar-refractivity contribution is -0.871. The van der Waals surface area contributed by atoms with Crippen LogP contribution < -0.4 is 0 Å². The van der Waals surface area contributed by atoms with Gasteiger partial charge in [-0.2, -0.15) is 0 Å². The third-order valence-electron chi connectivity index (χ3n) is 11.9. The number of hydrogen-bond donors (Lipinski definition) is 0. The summed E-state index contributed by atoms with van der Waals surface area (Å²) in [6.45, 7) is 7.80. The molecule has 7 heteroatoms. The molecule has 0 aromatic rings. The summed E-state index contributed by atoms with van der Waals surface area (Å²) in [5.74, 6) is -0.652. The van der Waals surface area contributed by atoms with Gasteiger partial charge in [0.15, 0.2) is 0 Å². The first-order valence-electron chi connectivity index (χ1n) is 25.3. The van der Waals surface area contributed by atoms with Crippen LogP contribution in [0.5, 0.6) is 0 Å². The van der Waals surface area contributed by atoms with Crippen molar-refractivity contribution in [2.24, 2.45) is 5.41 Å². The Morgan fingerprint density at radius 1 is 0.345 bits per heavy atom. The van der Waals surface area contributed by atoms with E-state index in [1.807, 2.05) is 0 Å². The molecule has 344 valence electrons. The molecule has 0 rings (SSSR count). The fourth-order valence-electron chi connectivity index (χ4n) is 7.63. The van der Waals surface area contributed by atoms with Gasteiger partial charge in [0.05, 0.1) is 33.1 Å². The van der Waals surface area contributed by atoms with Crippen LogP contribution in [0.3, 0.4) is 0 Å². The predicted octanol–water partition coefficient (Wildman–Crippen LogP) is 14.8. The van der Waals surface area contributed by atoms with Crippen molar-refractivity contribution >= 4 is 17.9 Å². The van der Waals surface area contributed by atoms with Crippen LogP contribution in [0.2, 0.25) is 0 Å². The molecule has 7 nitrogen and oxygen atoms in total. The van der Waals surface area contributed by atoms with Crippen molar-refractivity contribution in [1.82, 2.24) is 0 Å².